The molecule has 0 spiro atoms. The lowest BCUT2D eigenvalue weighted by atomic mass is 9.97. The second-order valence-electron chi connectivity index (χ2n) is 14.4. The molecular weight excluding hydrogens is 692 g/mol. The number of fused-ring (bicyclic) bond motifs is 3. The van der Waals surface area contributed by atoms with Gasteiger partial charge < -0.3 is 36.1 Å². The van der Waals surface area contributed by atoms with Crippen LogP contribution < -0.4 is 31.3 Å². The molecule has 0 unspecified atom stereocenters. The summed E-state index contributed by atoms with van der Waals surface area (Å²) >= 11 is 0. The summed E-state index contributed by atoms with van der Waals surface area (Å²) in [5.74, 6) is -0.722. The van der Waals surface area contributed by atoms with Gasteiger partial charge >= 0.3 is 6.09 Å². The van der Waals surface area contributed by atoms with Gasteiger partial charge in [0.15, 0.2) is 12.3 Å². The van der Waals surface area contributed by atoms with E-state index in [2.05, 4.69) is 36.7 Å². The Morgan fingerprint density at radius 1 is 0.944 bits per heavy atom. The molecule has 1 atom stereocenters. The molecule has 0 fully saturated rings. The van der Waals surface area contributed by atoms with E-state index in [1.807, 2.05) is 33.8 Å². The van der Waals surface area contributed by atoms with Crippen LogP contribution in [0, 0.1) is 6.92 Å². The van der Waals surface area contributed by atoms with Crippen molar-refractivity contribution in [3.8, 4) is 5.75 Å². The van der Waals surface area contributed by atoms with Gasteiger partial charge in [-0.3, -0.25) is 19.2 Å². The highest BCUT2D eigenvalue weighted by Crippen LogP contribution is 2.35. The Bertz CT molecular complexity index is 2090. The lowest BCUT2D eigenvalue weighted by Gasteiger charge is -2.19. The number of nitrogens with zero attached hydrogens (tertiary/aromatic N) is 3. The Labute approximate surface area is 313 Å². The molecule has 4 aromatic rings. The highest BCUT2D eigenvalue weighted by Gasteiger charge is 2.29. The standard InChI is InChI=1S/C39H46N8O7/c1-23-25-12-13-28(27(25)11-10-26(23)35(49)40-16-7-5-6-8-17-41-38(52)54-39(2,3)4)46-37(51)31-20-30(44-33-15-18-43-47(31)33)36(50)42-21-24-9-14-32-29(19-24)45-34(48)22-53-32/h9-11,14-15,18-20,28H,5-8,12-13,16-17,21-22H2,1-4H3,(H,40,49)(H,41,52)(H,42,50)(H,45,48)(H,46,51)/t28-/m0/s1. The molecular formula is C39H46N8O7. The molecule has 15 nitrogen and oxygen atoms in total. The Balaban J connectivity index is 1.02. The van der Waals surface area contributed by atoms with E-state index in [0.717, 1.165) is 47.9 Å². The molecule has 284 valence electrons. The summed E-state index contributed by atoms with van der Waals surface area (Å²) in [5, 5.41) is 18.7. The second kappa shape index (κ2) is 16.4. The zero-order valence-corrected chi connectivity index (χ0v) is 31.0. The fourth-order valence-electron chi connectivity index (χ4n) is 6.62. The molecule has 5 N–H and O–H groups in total. The Morgan fingerprint density at radius 3 is 2.50 bits per heavy atom. The predicted molar refractivity (Wildman–Crippen MR) is 199 cm³/mol. The summed E-state index contributed by atoms with van der Waals surface area (Å²) in [6, 6.07) is 11.7. The van der Waals surface area contributed by atoms with Crippen LogP contribution in [0.4, 0.5) is 10.5 Å². The number of hydrogen-bond donors (Lipinski definition) is 5. The summed E-state index contributed by atoms with van der Waals surface area (Å²) in [7, 11) is 0. The maximum Gasteiger partial charge on any atom is 0.407 e. The van der Waals surface area contributed by atoms with Crippen molar-refractivity contribution in [1.82, 2.24) is 35.9 Å². The normalized spacial score (nSPS) is 14.7. The van der Waals surface area contributed by atoms with Crippen LogP contribution in [0.25, 0.3) is 5.65 Å². The van der Waals surface area contributed by atoms with E-state index in [9.17, 15) is 24.0 Å². The van der Waals surface area contributed by atoms with Crippen molar-refractivity contribution in [3.63, 3.8) is 0 Å². The van der Waals surface area contributed by atoms with Crippen molar-refractivity contribution in [2.24, 2.45) is 0 Å². The summed E-state index contributed by atoms with van der Waals surface area (Å²) < 4.78 is 12.0. The summed E-state index contributed by atoms with van der Waals surface area (Å²) in [6.45, 7) is 8.62. The minimum Gasteiger partial charge on any atom is -0.482 e. The zero-order chi connectivity index (χ0) is 38.4. The number of nitrogens with one attached hydrogen (secondary N) is 5. The Morgan fingerprint density at radius 2 is 1.72 bits per heavy atom. The fraction of sp³-hybridized carbons (Fsp3) is 0.410. The first kappa shape index (κ1) is 37.8. The number of aromatic nitrogens is 3. The molecule has 54 heavy (non-hydrogen) atoms. The lowest BCUT2D eigenvalue weighted by Crippen LogP contribution is -2.33. The highest BCUT2D eigenvalue weighted by molar-refractivity contribution is 5.99. The molecule has 0 bridgehead atoms. The number of carbonyl (C=O) groups is 5. The average Bonchev–Trinajstić information content (AvgIpc) is 3.78. The molecule has 0 saturated heterocycles. The van der Waals surface area contributed by atoms with E-state index in [4.69, 9.17) is 9.47 Å². The van der Waals surface area contributed by atoms with Crippen LogP contribution in [0.3, 0.4) is 0 Å². The molecule has 2 aromatic carbocycles. The molecule has 15 heteroatoms. The number of ether oxygens (including phenoxy) is 2. The van der Waals surface area contributed by atoms with Crippen molar-refractivity contribution in [2.75, 3.05) is 25.0 Å². The van der Waals surface area contributed by atoms with Crippen molar-refractivity contribution in [1.29, 1.82) is 0 Å². The van der Waals surface area contributed by atoms with Gasteiger partial charge in [0, 0.05) is 37.3 Å². The average molecular weight is 739 g/mol. The molecule has 2 aromatic heterocycles. The van der Waals surface area contributed by atoms with Crippen molar-refractivity contribution in [2.45, 2.75) is 84.4 Å². The van der Waals surface area contributed by atoms with E-state index in [1.165, 1.54) is 16.8 Å². The molecule has 3 heterocycles. The summed E-state index contributed by atoms with van der Waals surface area (Å²) in [4.78, 5) is 68.0. The van der Waals surface area contributed by atoms with Crippen LogP contribution in [0.15, 0.2) is 48.7 Å². The Kier molecular flexibility index (Phi) is 11.4. The number of unbranched alkanes of at least 4 members (excludes halogenated alkanes) is 3. The number of benzene rings is 2. The number of hydrogen-bond acceptors (Lipinski definition) is 9. The lowest BCUT2D eigenvalue weighted by molar-refractivity contribution is -0.118. The van der Waals surface area contributed by atoms with Gasteiger partial charge in [-0.05, 0) is 93.8 Å². The monoisotopic (exact) mass is 738 g/mol. The smallest absolute Gasteiger partial charge is 0.407 e. The molecule has 1 aliphatic carbocycles. The Hall–Kier alpha value is -5.99. The van der Waals surface area contributed by atoms with Gasteiger partial charge in [0.05, 0.1) is 17.9 Å². The second-order valence-corrected chi connectivity index (χ2v) is 14.4. The number of alkyl carbamates (subject to hydrolysis) is 1. The SMILES string of the molecule is Cc1c(C(=O)NCCCCCCNC(=O)OC(C)(C)C)ccc2c1CC[C@@H]2NC(=O)c1cc(C(=O)NCc2ccc3c(c2)NC(=O)CO3)nc2ccnn12. The van der Waals surface area contributed by atoms with Crippen LogP contribution in [0.5, 0.6) is 5.75 Å². The van der Waals surface area contributed by atoms with Crippen LogP contribution in [0.2, 0.25) is 0 Å². The van der Waals surface area contributed by atoms with Crippen LogP contribution in [-0.4, -0.2) is 69.6 Å². The number of carbonyl (C=O) groups excluding carboxylic acids is 5. The predicted octanol–water partition coefficient (Wildman–Crippen LogP) is 4.53. The van der Waals surface area contributed by atoms with Gasteiger partial charge in [-0.15, -0.1) is 0 Å². The van der Waals surface area contributed by atoms with E-state index in [1.54, 1.807) is 30.3 Å². The molecule has 5 amide bonds. The molecule has 6 rings (SSSR count). The summed E-state index contributed by atoms with van der Waals surface area (Å²) in [5.41, 5.74) is 4.79. The van der Waals surface area contributed by atoms with Gasteiger partial charge in [0.2, 0.25) is 0 Å². The maximum absolute atomic E-state index is 13.7. The number of rotatable bonds is 13. The minimum atomic E-state index is -0.522. The van der Waals surface area contributed by atoms with Crippen LogP contribution in [0.1, 0.15) is 113 Å². The van der Waals surface area contributed by atoms with Crippen molar-refractivity contribution < 1.29 is 33.4 Å². The first-order valence-electron chi connectivity index (χ1n) is 18.2. The molecule has 1 aliphatic heterocycles. The third-order valence-corrected chi connectivity index (χ3v) is 9.25. The third-order valence-electron chi connectivity index (χ3n) is 9.25. The largest absolute Gasteiger partial charge is 0.482 e. The minimum absolute atomic E-state index is 0.0445. The molecule has 2 aliphatic rings. The number of amides is 5. The van der Waals surface area contributed by atoms with Crippen molar-refractivity contribution in [3.05, 3.63) is 87.9 Å². The first-order valence-corrected chi connectivity index (χ1v) is 18.2. The van der Waals surface area contributed by atoms with E-state index >= 15 is 0 Å². The van der Waals surface area contributed by atoms with Gasteiger partial charge in [0.1, 0.15) is 22.7 Å². The van der Waals surface area contributed by atoms with Gasteiger partial charge in [-0.25, -0.2) is 14.3 Å². The van der Waals surface area contributed by atoms with Crippen LogP contribution >= 0.6 is 0 Å². The quantitative estimate of drug-likeness (QED) is 0.123. The van der Waals surface area contributed by atoms with Crippen molar-refractivity contribution >= 4 is 41.1 Å². The van der Waals surface area contributed by atoms with Gasteiger partial charge in [-0.1, -0.05) is 25.0 Å². The fourth-order valence-corrected chi connectivity index (χ4v) is 6.62. The van der Waals surface area contributed by atoms with Crippen LogP contribution in [-0.2, 0) is 22.5 Å². The van der Waals surface area contributed by atoms with Gasteiger partial charge in [0.25, 0.3) is 23.6 Å². The van der Waals surface area contributed by atoms with E-state index in [0.29, 0.717) is 48.6 Å². The molecule has 0 radical (unpaired) electrons. The van der Waals surface area contributed by atoms with E-state index < -0.39 is 23.5 Å². The number of anilines is 1. The molecule has 0 saturated carbocycles. The van der Waals surface area contributed by atoms with Gasteiger partial charge in [-0.2, -0.15) is 5.10 Å². The first-order chi connectivity index (χ1) is 25.9. The topological polar surface area (TPSA) is 194 Å². The third kappa shape index (κ3) is 9.14. The summed E-state index contributed by atoms with van der Waals surface area (Å²) in [6.07, 6.45) is 5.95. The van der Waals surface area contributed by atoms with E-state index in [-0.39, 0.29) is 42.4 Å². The highest BCUT2D eigenvalue weighted by atomic mass is 16.6. The zero-order valence-electron chi connectivity index (χ0n) is 31.0. The maximum atomic E-state index is 13.7.